The van der Waals surface area contributed by atoms with Crippen molar-refractivity contribution < 1.29 is 8.42 Å². The van der Waals surface area contributed by atoms with Gasteiger partial charge in [0, 0.05) is 31.2 Å². The van der Waals surface area contributed by atoms with Crippen LogP contribution >= 0.6 is 23.2 Å². The molecule has 1 aromatic heterocycles. The Morgan fingerprint density at radius 3 is 2.44 bits per heavy atom. The molecule has 2 aromatic carbocycles. The number of sulfonamides is 1. The Morgan fingerprint density at radius 1 is 1.04 bits per heavy atom. The molecule has 0 aliphatic carbocycles. The highest BCUT2D eigenvalue weighted by atomic mass is 35.5. The van der Waals surface area contributed by atoms with Crippen LogP contribution < -0.4 is 4.90 Å². The number of nitrogens with one attached hydrogen (secondary N) is 1. The molecule has 6 nitrogen and oxygen atoms in total. The van der Waals surface area contributed by atoms with Crippen molar-refractivity contribution in [1.29, 1.82) is 0 Å². The van der Waals surface area contributed by atoms with Crippen LogP contribution in [0.4, 0.5) is 5.95 Å². The number of anilines is 1. The van der Waals surface area contributed by atoms with E-state index < -0.39 is 10.0 Å². The molecule has 0 saturated carbocycles. The maximum absolute atomic E-state index is 13.0. The predicted molar refractivity (Wildman–Crippen MR) is 108 cm³/mol. The van der Waals surface area contributed by atoms with Gasteiger partial charge in [-0.3, -0.25) is 0 Å². The number of aromatic nitrogens is 2. The quantitative estimate of drug-likeness (QED) is 0.695. The highest BCUT2D eigenvalue weighted by Gasteiger charge is 2.31. The van der Waals surface area contributed by atoms with Crippen molar-refractivity contribution in [1.82, 2.24) is 14.3 Å². The van der Waals surface area contributed by atoms with Gasteiger partial charge < -0.3 is 9.88 Å². The lowest BCUT2D eigenvalue weighted by atomic mass is 10.2. The monoisotopic (exact) mass is 424 g/mol. The van der Waals surface area contributed by atoms with Crippen molar-refractivity contribution in [3.8, 4) is 0 Å². The van der Waals surface area contributed by atoms with Crippen molar-refractivity contribution in [2.75, 3.05) is 31.1 Å². The lowest BCUT2D eigenvalue weighted by Crippen LogP contribution is -2.49. The van der Waals surface area contributed by atoms with Gasteiger partial charge in [-0.15, -0.1) is 0 Å². The number of piperazine rings is 1. The Kier molecular flexibility index (Phi) is 4.80. The maximum Gasteiger partial charge on any atom is 0.244 e. The van der Waals surface area contributed by atoms with E-state index in [1.807, 2.05) is 24.3 Å². The molecule has 1 N–H and O–H groups in total. The molecular weight excluding hydrogens is 407 g/mol. The summed E-state index contributed by atoms with van der Waals surface area (Å²) in [5.74, 6) is 0.758. The summed E-state index contributed by atoms with van der Waals surface area (Å²) in [5, 5.41) is 0.596. The van der Waals surface area contributed by atoms with Gasteiger partial charge in [-0.2, -0.15) is 4.31 Å². The second kappa shape index (κ2) is 6.98. The zero-order chi connectivity index (χ0) is 19.2. The summed E-state index contributed by atoms with van der Waals surface area (Å²) in [6.45, 7) is 3.57. The van der Waals surface area contributed by atoms with Crippen LogP contribution in [0.15, 0.2) is 41.3 Å². The summed E-state index contributed by atoms with van der Waals surface area (Å²) in [6, 6.07) is 10.8. The topological polar surface area (TPSA) is 69.3 Å². The van der Waals surface area contributed by atoms with Gasteiger partial charge in [0.15, 0.2) is 0 Å². The first-order valence-corrected chi connectivity index (χ1v) is 10.7. The average Bonchev–Trinajstić information content (AvgIpc) is 3.09. The SMILES string of the molecule is Cc1cc(S(=O)(=O)N2CCN(c3nc4ccccc4[nH]3)CC2)c(Cl)cc1Cl. The zero-order valence-electron chi connectivity index (χ0n) is 14.6. The molecule has 3 aromatic rings. The number of hydrogen-bond donors (Lipinski definition) is 1. The summed E-state index contributed by atoms with van der Waals surface area (Å²) in [7, 11) is -3.68. The smallest absolute Gasteiger partial charge is 0.244 e. The number of hydrogen-bond acceptors (Lipinski definition) is 4. The minimum absolute atomic E-state index is 0.100. The van der Waals surface area contributed by atoms with E-state index in [9.17, 15) is 8.42 Å². The maximum atomic E-state index is 13.0. The molecule has 1 saturated heterocycles. The minimum atomic E-state index is -3.68. The number of halogens is 2. The first-order chi connectivity index (χ1) is 12.9. The van der Waals surface area contributed by atoms with E-state index in [1.54, 1.807) is 6.92 Å². The molecule has 2 heterocycles. The first kappa shape index (κ1) is 18.6. The molecule has 27 heavy (non-hydrogen) atoms. The summed E-state index contributed by atoms with van der Waals surface area (Å²) in [6.07, 6.45) is 0. The van der Waals surface area contributed by atoms with Crippen molar-refractivity contribution in [3.63, 3.8) is 0 Å². The van der Waals surface area contributed by atoms with Crippen LogP contribution in [0.3, 0.4) is 0 Å². The number of imidazole rings is 1. The standard InChI is InChI=1S/C18H18Cl2N4O2S/c1-12-10-17(14(20)11-13(12)19)27(25,26)24-8-6-23(7-9-24)18-21-15-4-2-3-5-16(15)22-18/h2-5,10-11H,6-9H2,1H3,(H,21,22). The predicted octanol–water partition coefficient (Wildman–Crippen LogP) is 3.69. The second-order valence-corrected chi connectivity index (χ2v) is 9.22. The lowest BCUT2D eigenvalue weighted by molar-refractivity contribution is 0.383. The summed E-state index contributed by atoms with van der Waals surface area (Å²) >= 11 is 12.2. The Balaban J connectivity index is 1.54. The second-order valence-electron chi connectivity index (χ2n) is 6.50. The Hall–Kier alpha value is -1.80. The van der Waals surface area contributed by atoms with Crippen molar-refractivity contribution in [2.45, 2.75) is 11.8 Å². The highest BCUT2D eigenvalue weighted by Crippen LogP contribution is 2.31. The van der Waals surface area contributed by atoms with Gasteiger partial charge >= 0.3 is 0 Å². The number of benzene rings is 2. The van der Waals surface area contributed by atoms with Crippen LogP contribution in [0.5, 0.6) is 0 Å². The number of para-hydroxylation sites is 2. The fourth-order valence-corrected chi connectivity index (χ4v) is 5.43. The third kappa shape index (κ3) is 3.40. The number of rotatable bonds is 3. The van der Waals surface area contributed by atoms with Gasteiger partial charge in [-0.05, 0) is 36.8 Å². The molecule has 1 fully saturated rings. The van der Waals surface area contributed by atoms with Gasteiger partial charge in [0.25, 0.3) is 0 Å². The molecular formula is C18H18Cl2N4O2S. The van der Waals surface area contributed by atoms with Crippen molar-refractivity contribution in [2.24, 2.45) is 0 Å². The molecule has 0 atom stereocenters. The van der Waals surface area contributed by atoms with E-state index in [-0.39, 0.29) is 9.92 Å². The van der Waals surface area contributed by atoms with Crippen molar-refractivity contribution >= 4 is 50.2 Å². The fraction of sp³-hybridized carbons (Fsp3) is 0.278. The Labute approximate surface area is 167 Å². The van der Waals surface area contributed by atoms with Gasteiger partial charge in [0.1, 0.15) is 4.90 Å². The van der Waals surface area contributed by atoms with Crippen LogP contribution in [-0.4, -0.2) is 48.9 Å². The Morgan fingerprint density at radius 2 is 1.74 bits per heavy atom. The molecule has 4 rings (SSSR count). The van der Waals surface area contributed by atoms with E-state index in [4.69, 9.17) is 23.2 Å². The van der Waals surface area contributed by atoms with Crippen LogP contribution in [0.25, 0.3) is 11.0 Å². The minimum Gasteiger partial charge on any atom is -0.340 e. The fourth-order valence-electron chi connectivity index (χ4n) is 3.20. The Bertz CT molecular complexity index is 1070. The van der Waals surface area contributed by atoms with Crippen molar-refractivity contribution in [3.05, 3.63) is 52.0 Å². The number of fused-ring (bicyclic) bond motifs is 1. The first-order valence-electron chi connectivity index (χ1n) is 8.52. The number of aromatic amines is 1. The molecule has 1 aliphatic rings. The molecule has 1 aliphatic heterocycles. The highest BCUT2D eigenvalue weighted by molar-refractivity contribution is 7.89. The zero-order valence-corrected chi connectivity index (χ0v) is 16.9. The van der Waals surface area contributed by atoms with E-state index in [1.165, 1.54) is 16.4 Å². The normalized spacial score (nSPS) is 16.2. The van der Waals surface area contributed by atoms with Gasteiger partial charge in [-0.25, -0.2) is 13.4 Å². The van der Waals surface area contributed by atoms with Gasteiger partial charge in [-0.1, -0.05) is 35.3 Å². The molecule has 0 radical (unpaired) electrons. The third-order valence-electron chi connectivity index (χ3n) is 4.75. The molecule has 142 valence electrons. The van der Waals surface area contributed by atoms with Crippen LogP contribution in [-0.2, 0) is 10.0 Å². The lowest BCUT2D eigenvalue weighted by Gasteiger charge is -2.34. The van der Waals surface area contributed by atoms with E-state index in [0.29, 0.717) is 36.8 Å². The van der Waals surface area contributed by atoms with Crippen LogP contribution in [0.1, 0.15) is 5.56 Å². The number of nitrogens with zero attached hydrogens (tertiary/aromatic N) is 3. The van der Waals surface area contributed by atoms with Crippen LogP contribution in [0.2, 0.25) is 10.0 Å². The molecule has 9 heteroatoms. The summed E-state index contributed by atoms with van der Waals surface area (Å²) in [5.41, 5.74) is 2.54. The number of aryl methyl sites for hydroxylation is 1. The molecule has 0 bridgehead atoms. The van der Waals surface area contributed by atoms with Crippen LogP contribution in [0, 0.1) is 6.92 Å². The van der Waals surface area contributed by atoms with Gasteiger partial charge in [0.2, 0.25) is 16.0 Å². The van der Waals surface area contributed by atoms with E-state index >= 15 is 0 Å². The molecule has 0 amide bonds. The van der Waals surface area contributed by atoms with E-state index in [2.05, 4.69) is 14.9 Å². The summed E-state index contributed by atoms with van der Waals surface area (Å²) < 4.78 is 27.5. The van der Waals surface area contributed by atoms with E-state index in [0.717, 1.165) is 17.0 Å². The summed E-state index contributed by atoms with van der Waals surface area (Å²) in [4.78, 5) is 10.0. The molecule has 0 unspecified atom stereocenters. The third-order valence-corrected chi connectivity index (χ3v) is 7.52. The number of H-pyrrole nitrogens is 1. The molecule has 0 spiro atoms. The van der Waals surface area contributed by atoms with Gasteiger partial charge in [0.05, 0.1) is 16.1 Å². The average molecular weight is 425 g/mol. The largest absolute Gasteiger partial charge is 0.340 e.